The fourth-order valence-corrected chi connectivity index (χ4v) is 5.68. The summed E-state index contributed by atoms with van der Waals surface area (Å²) < 4.78 is 36.7. The molecule has 2 aromatic rings. The molecule has 3 unspecified atom stereocenters. The van der Waals surface area contributed by atoms with Crippen LogP contribution in [-0.4, -0.2) is 47.6 Å². The Kier molecular flexibility index (Phi) is 4.60. The van der Waals surface area contributed by atoms with Crippen molar-refractivity contribution in [3.63, 3.8) is 0 Å². The van der Waals surface area contributed by atoms with Crippen molar-refractivity contribution in [2.45, 2.75) is 49.4 Å². The molecule has 9 heteroatoms. The number of rotatable bonds is 4. The van der Waals surface area contributed by atoms with E-state index in [2.05, 4.69) is 5.32 Å². The third kappa shape index (κ3) is 2.90. The highest BCUT2D eigenvalue weighted by Crippen LogP contribution is 2.50. The molecule has 1 aromatic heterocycles. The molecule has 4 N–H and O–H groups in total. The van der Waals surface area contributed by atoms with Gasteiger partial charge in [-0.1, -0.05) is 6.42 Å². The fraction of sp³-hybridized carbons (Fsp3) is 0.545. The number of ether oxygens (including phenoxy) is 1. The minimum Gasteiger partial charge on any atom is -0.494 e. The maximum atomic E-state index is 15.6. The number of carboxylic acid groups (broad SMARTS) is 1. The van der Waals surface area contributed by atoms with Crippen LogP contribution in [0.3, 0.4) is 0 Å². The summed E-state index contributed by atoms with van der Waals surface area (Å²) in [6.07, 6.45) is 2.69. The molecule has 0 radical (unpaired) electrons. The number of pyridine rings is 1. The van der Waals surface area contributed by atoms with E-state index in [-0.39, 0.29) is 40.5 Å². The van der Waals surface area contributed by atoms with Gasteiger partial charge in [-0.3, -0.25) is 4.79 Å². The Labute approximate surface area is 177 Å². The highest BCUT2D eigenvalue weighted by molar-refractivity contribution is 5.95. The van der Waals surface area contributed by atoms with Crippen LogP contribution < -0.4 is 21.2 Å². The van der Waals surface area contributed by atoms with Crippen LogP contribution in [0.4, 0.5) is 8.78 Å². The number of aromatic nitrogens is 1. The lowest BCUT2D eigenvalue weighted by molar-refractivity contribution is 0.0694. The number of hydrogen-bond donors (Lipinski definition) is 3. The molecule has 1 aromatic carbocycles. The normalized spacial score (nSPS) is 32.1. The molecule has 1 saturated heterocycles. The second kappa shape index (κ2) is 7.00. The van der Waals surface area contributed by atoms with Gasteiger partial charge in [-0.15, -0.1) is 0 Å². The quantitative estimate of drug-likeness (QED) is 0.683. The molecule has 166 valence electrons. The summed E-state index contributed by atoms with van der Waals surface area (Å²) in [6, 6.07) is 0.455. The lowest BCUT2D eigenvalue weighted by Crippen LogP contribution is -2.54. The van der Waals surface area contributed by atoms with Crippen LogP contribution in [0.25, 0.3) is 10.9 Å². The maximum Gasteiger partial charge on any atom is 0.341 e. The first-order valence-electron chi connectivity index (χ1n) is 10.6. The second-order valence-electron chi connectivity index (χ2n) is 9.03. The van der Waals surface area contributed by atoms with E-state index in [4.69, 9.17) is 10.5 Å². The number of carboxylic acids is 1. The number of nitrogens with two attached hydrogens (primary N) is 1. The van der Waals surface area contributed by atoms with Gasteiger partial charge in [-0.2, -0.15) is 0 Å². The number of methoxy groups -OCH3 is 1. The lowest BCUT2D eigenvalue weighted by Gasteiger charge is -2.43. The third-order valence-electron chi connectivity index (χ3n) is 7.36. The van der Waals surface area contributed by atoms with Gasteiger partial charge in [-0.05, 0) is 31.4 Å². The number of fused-ring (bicyclic) bond motifs is 2. The Morgan fingerprint density at radius 2 is 2.16 bits per heavy atom. The molecular weight excluding hydrogens is 408 g/mol. The van der Waals surface area contributed by atoms with E-state index in [1.165, 1.54) is 11.7 Å². The van der Waals surface area contributed by atoms with Crippen molar-refractivity contribution in [3.05, 3.63) is 39.4 Å². The number of aromatic carboxylic acids is 1. The molecule has 2 saturated carbocycles. The topological polar surface area (TPSA) is 107 Å². The highest BCUT2D eigenvalue weighted by Gasteiger charge is 2.50. The second-order valence-corrected chi connectivity index (χ2v) is 9.03. The number of benzene rings is 1. The smallest absolute Gasteiger partial charge is 0.341 e. The molecule has 7 nitrogen and oxygen atoms in total. The summed E-state index contributed by atoms with van der Waals surface area (Å²) >= 11 is 0. The van der Waals surface area contributed by atoms with Crippen LogP contribution in [0.1, 0.15) is 53.6 Å². The van der Waals surface area contributed by atoms with E-state index < -0.39 is 40.5 Å². The Hall–Kier alpha value is -2.52. The van der Waals surface area contributed by atoms with Crippen molar-refractivity contribution >= 4 is 16.9 Å². The molecule has 5 rings (SSSR count). The van der Waals surface area contributed by atoms with E-state index in [9.17, 15) is 19.1 Å². The molecule has 3 aliphatic rings. The molecule has 2 heterocycles. The summed E-state index contributed by atoms with van der Waals surface area (Å²) in [5.41, 5.74) is 5.34. The average molecular weight is 433 g/mol. The van der Waals surface area contributed by atoms with Crippen molar-refractivity contribution < 1.29 is 23.4 Å². The molecule has 1 aliphatic heterocycles. The zero-order valence-corrected chi connectivity index (χ0v) is 17.2. The van der Waals surface area contributed by atoms with Crippen LogP contribution in [0.2, 0.25) is 0 Å². The van der Waals surface area contributed by atoms with Crippen LogP contribution in [-0.2, 0) is 0 Å². The van der Waals surface area contributed by atoms with Crippen molar-refractivity contribution in [2.75, 3.05) is 20.2 Å². The minimum absolute atomic E-state index is 0.125. The molecule has 0 bridgehead atoms. The lowest BCUT2D eigenvalue weighted by atomic mass is 9.65. The molecule has 0 amide bonds. The SMILES string of the molecule is COc1c(C2CCCC3CNCC32N)c(F)cc2c(=O)c(C(=O)O)cn([C@@H]3C[C@@H]3F)c12. The summed E-state index contributed by atoms with van der Waals surface area (Å²) in [4.78, 5) is 24.5. The number of alkyl halides is 1. The molecule has 3 fully saturated rings. The largest absolute Gasteiger partial charge is 0.494 e. The van der Waals surface area contributed by atoms with Gasteiger partial charge in [0.1, 0.15) is 23.3 Å². The van der Waals surface area contributed by atoms with E-state index in [1.807, 2.05) is 0 Å². The number of halogens is 2. The van der Waals surface area contributed by atoms with Gasteiger partial charge >= 0.3 is 5.97 Å². The van der Waals surface area contributed by atoms with E-state index >= 15 is 4.39 Å². The van der Waals surface area contributed by atoms with Crippen LogP contribution >= 0.6 is 0 Å². The molecule has 5 atom stereocenters. The van der Waals surface area contributed by atoms with Gasteiger partial charge in [0, 0.05) is 36.2 Å². The number of hydrogen-bond acceptors (Lipinski definition) is 5. The predicted octanol–water partition coefficient (Wildman–Crippen LogP) is 2.31. The van der Waals surface area contributed by atoms with Gasteiger partial charge < -0.3 is 25.5 Å². The maximum absolute atomic E-state index is 15.6. The van der Waals surface area contributed by atoms with Crippen molar-refractivity contribution in [1.29, 1.82) is 0 Å². The Balaban J connectivity index is 1.82. The average Bonchev–Trinajstić information content (AvgIpc) is 3.31. The van der Waals surface area contributed by atoms with E-state index in [0.717, 1.165) is 31.6 Å². The van der Waals surface area contributed by atoms with E-state index in [1.54, 1.807) is 0 Å². The van der Waals surface area contributed by atoms with Gasteiger partial charge in [0.05, 0.1) is 24.1 Å². The molecule has 31 heavy (non-hydrogen) atoms. The highest BCUT2D eigenvalue weighted by atomic mass is 19.1. The molecule has 2 aliphatic carbocycles. The van der Waals surface area contributed by atoms with Crippen molar-refractivity contribution in [1.82, 2.24) is 9.88 Å². The predicted molar refractivity (Wildman–Crippen MR) is 110 cm³/mol. The molecular formula is C22H25F2N3O4. The van der Waals surface area contributed by atoms with Crippen molar-refractivity contribution in [2.24, 2.45) is 11.7 Å². The van der Waals surface area contributed by atoms with Crippen LogP contribution in [0.15, 0.2) is 17.1 Å². The van der Waals surface area contributed by atoms with Crippen molar-refractivity contribution in [3.8, 4) is 5.75 Å². The van der Waals surface area contributed by atoms with Gasteiger partial charge in [0.25, 0.3) is 0 Å². The first kappa shape index (κ1) is 20.4. The number of carbonyl (C=O) groups is 1. The number of nitrogens with one attached hydrogen (secondary N) is 1. The Bertz CT molecular complexity index is 1150. The van der Waals surface area contributed by atoms with Crippen LogP contribution in [0, 0.1) is 11.7 Å². The molecule has 0 spiro atoms. The summed E-state index contributed by atoms with van der Waals surface area (Å²) in [7, 11) is 1.38. The van der Waals surface area contributed by atoms with Crippen LogP contribution in [0.5, 0.6) is 5.75 Å². The monoisotopic (exact) mass is 433 g/mol. The standard InChI is InChI=1S/C22H25F2N3O4/c1-31-20-17(13-4-2-3-10-7-26-9-22(10,13)25)15(24)5-11-18(20)27(16-6-14(16)23)8-12(19(11)28)21(29)30/h5,8,10,13-14,16,26H,2-4,6-7,9,25H2,1H3,(H,29,30)/t10?,13?,14-,16+,22?/m0/s1. The van der Waals surface area contributed by atoms with Gasteiger partial charge in [-0.25, -0.2) is 13.6 Å². The Morgan fingerprint density at radius 1 is 1.42 bits per heavy atom. The minimum atomic E-state index is -1.44. The zero-order valence-electron chi connectivity index (χ0n) is 17.2. The third-order valence-corrected chi connectivity index (χ3v) is 7.36. The first-order chi connectivity index (χ1) is 14.8. The summed E-state index contributed by atoms with van der Waals surface area (Å²) in [5.74, 6) is -2.09. The Morgan fingerprint density at radius 3 is 2.81 bits per heavy atom. The zero-order chi connectivity index (χ0) is 22.1. The fourth-order valence-electron chi connectivity index (χ4n) is 5.68. The number of nitrogens with zero attached hydrogens (tertiary/aromatic N) is 1. The summed E-state index contributed by atoms with van der Waals surface area (Å²) in [6.45, 7) is 1.31. The summed E-state index contributed by atoms with van der Waals surface area (Å²) in [5, 5.41) is 12.6. The van der Waals surface area contributed by atoms with Gasteiger partial charge in [0.15, 0.2) is 0 Å². The first-order valence-corrected chi connectivity index (χ1v) is 10.6. The van der Waals surface area contributed by atoms with Gasteiger partial charge in [0.2, 0.25) is 5.43 Å². The van der Waals surface area contributed by atoms with E-state index in [0.29, 0.717) is 13.0 Å².